The van der Waals surface area contributed by atoms with Crippen LogP contribution in [0.3, 0.4) is 0 Å². The highest BCUT2D eigenvalue weighted by Gasteiger charge is 2.42. The quantitative estimate of drug-likeness (QED) is 0.677. The summed E-state index contributed by atoms with van der Waals surface area (Å²) in [5.74, 6) is -0.428. The van der Waals surface area contributed by atoms with Crippen molar-refractivity contribution in [1.29, 1.82) is 0 Å². The van der Waals surface area contributed by atoms with E-state index in [4.69, 9.17) is 10.5 Å². The van der Waals surface area contributed by atoms with Crippen molar-refractivity contribution in [2.75, 3.05) is 26.3 Å². The number of carbonyl (C=O) groups is 2. The van der Waals surface area contributed by atoms with E-state index in [1.54, 1.807) is 4.90 Å². The predicted molar refractivity (Wildman–Crippen MR) is 58.8 cm³/mol. The minimum atomic E-state index is -0.592. The SMILES string of the molecule is CCN(CC)C(=O)NC1(CC(N)=O)COC1. The van der Waals surface area contributed by atoms with Gasteiger partial charge in [0.15, 0.2) is 0 Å². The van der Waals surface area contributed by atoms with Crippen molar-refractivity contribution < 1.29 is 14.3 Å². The molecule has 0 bridgehead atoms. The number of nitrogens with two attached hydrogens (primary N) is 1. The first-order chi connectivity index (χ1) is 7.53. The van der Waals surface area contributed by atoms with Crippen molar-refractivity contribution in [2.24, 2.45) is 5.73 Å². The van der Waals surface area contributed by atoms with Gasteiger partial charge in [0.25, 0.3) is 0 Å². The lowest BCUT2D eigenvalue weighted by atomic mass is 9.93. The molecule has 1 saturated heterocycles. The second-order valence-corrected chi connectivity index (χ2v) is 4.02. The first-order valence-electron chi connectivity index (χ1n) is 5.46. The van der Waals surface area contributed by atoms with E-state index in [2.05, 4.69) is 5.32 Å². The van der Waals surface area contributed by atoms with Gasteiger partial charge in [-0.05, 0) is 13.8 Å². The highest BCUT2D eigenvalue weighted by Crippen LogP contribution is 2.21. The van der Waals surface area contributed by atoms with Gasteiger partial charge in [-0.15, -0.1) is 0 Å². The van der Waals surface area contributed by atoms with Gasteiger partial charge >= 0.3 is 6.03 Å². The van der Waals surface area contributed by atoms with Crippen LogP contribution in [-0.2, 0) is 9.53 Å². The van der Waals surface area contributed by atoms with E-state index in [9.17, 15) is 9.59 Å². The summed E-state index contributed by atoms with van der Waals surface area (Å²) in [5.41, 5.74) is 4.55. The molecule has 0 radical (unpaired) electrons. The van der Waals surface area contributed by atoms with Crippen molar-refractivity contribution in [3.05, 3.63) is 0 Å². The van der Waals surface area contributed by atoms with E-state index in [-0.39, 0.29) is 12.5 Å². The Morgan fingerprint density at radius 2 is 1.94 bits per heavy atom. The molecule has 0 atom stereocenters. The van der Waals surface area contributed by atoms with Crippen LogP contribution in [0.4, 0.5) is 4.79 Å². The lowest BCUT2D eigenvalue weighted by Gasteiger charge is -2.42. The Morgan fingerprint density at radius 1 is 1.38 bits per heavy atom. The number of primary amides is 1. The second kappa shape index (κ2) is 5.16. The van der Waals surface area contributed by atoms with E-state index in [1.165, 1.54) is 0 Å². The summed E-state index contributed by atoms with van der Waals surface area (Å²) in [6.45, 7) is 5.78. The summed E-state index contributed by atoms with van der Waals surface area (Å²) < 4.78 is 5.05. The molecule has 6 nitrogen and oxygen atoms in total. The highest BCUT2D eigenvalue weighted by atomic mass is 16.5. The highest BCUT2D eigenvalue weighted by molar-refractivity contribution is 5.79. The molecule has 6 heteroatoms. The summed E-state index contributed by atoms with van der Waals surface area (Å²) in [5, 5.41) is 2.82. The van der Waals surface area contributed by atoms with E-state index in [1.807, 2.05) is 13.8 Å². The molecule has 1 fully saturated rings. The molecule has 0 aliphatic carbocycles. The smallest absolute Gasteiger partial charge is 0.317 e. The van der Waals surface area contributed by atoms with Gasteiger partial charge in [0.05, 0.1) is 25.2 Å². The average molecular weight is 229 g/mol. The van der Waals surface area contributed by atoms with Crippen LogP contribution < -0.4 is 11.1 Å². The monoisotopic (exact) mass is 229 g/mol. The standard InChI is InChI=1S/C10H19N3O3/c1-3-13(4-2)9(15)12-10(5-8(11)14)6-16-7-10/h3-7H2,1-2H3,(H2,11,14)(H,12,15). The maximum atomic E-state index is 11.8. The lowest BCUT2D eigenvalue weighted by Crippen LogP contribution is -2.65. The Kier molecular flexibility index (Phi) is 4.12. The number of amides is 3. The van der Waals surface area contributed by atoms with Crippen molar-refractivity contribution in [3.8, 4) is 0 Å². The van der Waals surface area contributed by atoms with Gasteiger partial charge in [-0.2, -0.15) is 0 Å². The van der Waals surface area contributed by atoms with Crippen molar-refractivity contribution in [3.63, 3.8) is 0 Å². The molecule has 1 rings (SSSR count). The molecule has 0 spiro atoms. The fourth-order valence-electron chi connectivity index (χ4n) is 1.72. The van der Waals surface area contributed by atoms with Gasteiger partial charge in [0, 0.05) is 13.1 Å². The van der Waals surface area contributed by atoms with Crippen LogP contribution >= 0.6 is 0 Å². The second-order valence-electron chi connectivity index (χ2n) is 4.02. The molecule has 3 N–H and O–H groups in total. The normalized spacial score (nSPS) is 17.4. The minimum absolute atomic E-state index is 0.125. The summed E-state index contributed by atoms with van der Waals surface area (Å²) in [6, 6.07) is -0.172. The first kappa shape index (κ1) is 12.8. The average Bonchev–Trinajstić information content (AvgIpc) is 2.15. The maximum Gasteiger partial charge on any atom is 0.317 e. The van der Waals surface area contributed by atoms with Crippen LogP contribution in [0.5, 0.6) is 0 Å². The van der Waals surface area contributed by atoms with Gasteiger partial charge in [-0.25, -0.2) is 4.79 Å². The van der Waals surface area contributed by atoms with Crippen LogP contribution in [0.15, 0.2) is 0 Å². The number of hydrogen-bond acceptors (Lipinski definition) is 3. The van der Waals surface area contributed by atoms with Crippen LogP contribution in [0.2, 0.25) is 0 Å². The Morgan fingerprint density at radius 3 is 2.25 bits per heavy atom. The molecule has 1 heterocycles. The number of ether oxygens (including phenoxy) is 1. The van der Waals surface area contributed by atoms with E-state index in [0.717, 1.165) is 0 Å². The molecular weight excluding hydrogens is 210 g/mol. The van der Waals surface area contributed by atoms with E-state index < -0.39 is 11.4 Å². The predicted octanol–water partition coefficient (Wildman–Crippen LogP) is -0.318. The minimum Gasteiger partial charge on any atom is -0.376 e. The third-order valence-corrected chi connectivity index (χ3v) is 2.69. The summed E-state index contributed by atoms with van der Waals surface area (Å²) in [6.07, 6.45) is 0.125. The van der Waals surface area contributed by atoms with Crippen LogP contribution in [0, 0.1) is 0 Å². The molecule has 3 amide bonds. The van der Waals surface area contributed by atoms with Gasteiger partial charge in [0.1, 0.15) is 0 Å². The fraction of sp³-hybridized carbons (Fsp3) is 0.800. The molecule has 0 aromatic rings. The lowest BCUT2D eigenvalue weighted by molar-refractivity contribution is -0.127. The Bertz CT molecular complexity index is 272. The van der Waals surface area contributed by atoms with Crippen LogP contribution in [0.1, 0.15) is 20.3 Å². The number of carbonyl (C=O) groups excluding carboxylic acids is 2. The first-order valence-corrected chi connectivity index (χ1v) is 5.46. The number of hydrogen-bond donors (Lipinski definition) is 2. The Labute approximate surface area is 95.1 Å². The number of rotatable bonds is 5. The largest absolute Gasteiger partial charge is 0.376 e. The van der Waals surface area contributed by atoms with Gasteiger partial charge < -0.3 is 20.7 Å². The summed E-state index contributed by atoms with van der Waals surface area (Å²) >= 11 is 0. The molecule has 0 aromatic carbocycles. The molecular formula is C10H19N3O3. The molecule has 1 aliphatic rings. The van der Waals surface area contributed by atoms with Gasteiger partial charge in [-0.3, -0.25) is 4.79 Å². The number of nitrogens with zero attached hydrogens (tertiary/aromatic N) is 1. The molecule has 16 heavy (non-hydrogen) atoms. The van der Waals surface area contributed by atoms with Crippen LogP contribution in [-0.4, -0.2) is 48.7 Å². The zero-order chi connectivity index (χ0) is 12.2. The third-order valence-electron chi connectivity index (χ3n) is 2.69. The molecule has 92 valence electrons. The summed E-state index contributed by atoms with van der Waals surface area (Å²) in [7, 11) is 0. The molecule has 0 aromatic heterocycles. The van der Waals surface area contributed by atoms with E-state index >= 15 is 0 Å². The Balaban J connectivity index is 2.56. The topological polar surface area (TPSA) is 84.7 Å². The fourth-order valence-corrected chi connectivity index (χ4v) is 1.72. The number of nitrogens with one attached hydrogen (secondary N) is 1. The zero-order valence-corrected chi connectivity index (χ0v) is 9.78. The van der Waals surface area contributed by atoms with Crippen molar-refractivity contribution >= 4 is 11.9 Å². The maximum absolute atomic E-state index is 11.8. The molecule has 0 saturated carbocycles. The van der Waals surface area contributed by atoms with Crippen molar-refractivity contribution in [2.45, 2.75) is 25.8 Å². The molecule has 0 unspecified atom stereocenters. The summed E-state index contributed by atoms with van der Waals surface area (Å²) in [4.78, 5) is 24.4. The molecule has 1 aliphatic heterocycles. The van der Waals surface area contributed by atoms with E-state index in [0.29, 0.717) is 26.3 Å². The van der Waals surface area contributed by atoms with Gasteiger partial charge in [-0.1, -0.05) is 0 Å². The van der Waals surface area contributed by atoms with Crippen molar-refractivity contribution in [1.82, 2.24) is 10.2 Å². The third kappa shape index (κ3) is 2.85. The van der Waals surface area contributed by atoms with Gasteiger partial charge in [0.2, 0.25) is 5.91 Å². The zero-order valence-electron chi connectivity index (χ0n) is 9.78. The Hall–Kier alpha value is -1.30. The van der Waals surface area contributed by atoms with Crippen LogP contribution in [0.25, 0.3) is 0 Å². The number of urea groups is 1.